The van der Waals surface area contributed by atoms with Gasteiger partial charge in [-0.25, -0.2) is 0 Å². The summed E-state index contributed by atoms with van der Waals surface area (Å²) in [5.74, 6) is -1.57. The van der Waals surface area contributed by atoms with Crippen LogP contribution >= 0.6 is 0 Å². The average molecular weight is 243 g/mol. The first kappa shape index (κ1) is 13.0. The number of hydrogen-bond acceptors (Lipinski definition) is 4. The van der Waals surface area contributed by atoms with E-state index in [-0.39, 0.29) is 17.1 Å². The third kappa shape index (κ3) is 3.75. The Morgan fingerprint density at radius 2 is 2.18 bits per heavy atom. The second kappa shape index (κ2) is 5.83. The van der Waals surface area contributed by atoms with Crippen molar-refractivity contribution >= 4 is 12.0 Å². The first-order chi connectivity index (χ1) is 8.04. The fraction of sp³-hybridized carbons (Fsp3) is 0.182. The Bertz CT molecular complexity index is 429. The summed E-state index contributed by atoms with van der Waals surface area (Å²) in [6.07, 6.45) is 1.81. The Labute approximate surface area is 96.1 Å². The number of carbonyl (C=O) groups excluding carboxylic acids is 1. The van der Waals surface area contributed by atoms with E-state index in [9.17, 15) is 18.7 Å². The van der Waals surface area contributed by atoms with Crippen molar-refractivity contribution in [2.75, 3.05) is 7.11 Å². The monoisotopic (exact) mass is 243 g/mol. The van der Waals surface area contributed by atoms with Crippen molar-refractivity contribution in [3.63, 3.8) is 0 Å². The van der Waals surface area contributed by atoms with E-state index < -0.39 is 12.6 Å². The second-order valence-corrected chi connectivity index (χ2v) is 2.91. The maximum atomic E-state index is 12.2. The molecule has 0 aliphatic heterocycles. The first-order valence-electron chi connectivity index (χ1n) is 4.55. The molecule has 0 N–H and O–H groups in total. The predicted octanol–water partition coefficient (Wildman–Crippen LogP) is 1.06. The molecule has 0 radical (unpaired) electrons. The minimum absolute atomic E-state index is 0.0887. The van der Waals surface area contributed by atoms with Crippen LogP contribution in [0.4, 0.5) is 8.78 Å². The van der Waals surface area contributed by atoms with Gasteiger partial charge in [0.1, 0.15) is 0 Å². The summed E-state index contributed by atoms with van der Waals surface area (Å²) < 4.78 is 33.5. The molecule has 0 aromatic heterocycles. The average Bonchev–Trinajstić information content (AvgIpc) is 2.26. The standard InChI is InChI=1S/C11H10F2O4/c1-16-8-4-2-3-7(5-6-9(14)15)10(8)17-11(12)13/h2-6,11H,1H3,(H,14,15)/p-1/b6-5+. The smallest absolute Gasteiger partial charge is 0.387 e. The molecule has 1 aromatic carbocycles. The minimum Gasteiger partial charge on any atom is -0.545 e. The number of aliphatic carboxylic acids is 1. The molecule has 0 aliphatic rings. The molecule has 0 bridgehead atoms. The molecule has 0 unspecified atom stereocenters. The topological polar surface area (TPSA) is 58.6 Å². The van der Waals surface area contributed by atoms with Crippen LogP contribution in [0.25, 0.3) is 6.08 Å². The number of alkyl halides is 2. The molecule has 0 amide bonds. The van der Waals surface area contributed by atoms with E-state index in [4.69, 9.17) is 4.74 Å². The lowest BCUT2D eigenvalue weighted by Crippen LogP contribution is -2.18. The fourth-order valence-corrected chi connectivity index (χ4v) is 1.20. The van der Waals surface area contributed by atoms with Gasteiger partial charge < -0.3 is 19.4 Å². The third-order valence-corrected chi connectivity index (χ3v) is 1.84. The molecule has 6 heteroatoms. The Morgan fingerprint density at radius 3 is 2.71 bits per heavy atom. The van der Waals surface area contributed by atoms with Crippen LogP contribution in [0.2, 0.25) is 0 Å². The van der Waals surface area contributed by atoms with Gasteiger partial charge in [-0.2, -0.15) is 8.78 Å². The number of hydrogen-bond donors (Lipinski definition) is 0. The second-order valence-electron chi connectivity index (χ2n) is 2.91. The number of benzene rings is 1. The van der Waals surface area contributed by atoms with Gasteiger partial charge in [-0.3, -0.25) is 0 Å². The largest absolute Gasteiger partial charge is 0.545 e. The van der Waals surface area contributed by atoms with Crippen LogP contribution in [0.3, 0.4) is 0 Å². The molecule has 0 spiro atoms. The highest BCUT2D eigenvalue weighted by atomic mass is 19.3. The molecule has 1 rings (SSSR count). The summed E-state index contributed by atoms with van der Waals surface area (Å²) in [5, 5.41) is 10.2. The van der Waals surface area contributed by atoms with E-state index in [1.54, 1.807) is 0 Å². The summed E-state index contributed by atoms with van der Waals surface area (Å²) in [6.45, 7) is -3.03. The van der Waals surface area contributed by atoms with Gasteiger partial charge in [0, 0.05) is 5.56 Å². The summed E-state index contributed by atoms with van der Waals surface area (Å²) in [4.78, 5) is 10.2. The van der Waals surface area contributed by atoms with Crippen LogP contribution in [0.1, 0.15) is 5.56 Å². The Kier molecular flexibility index (Phi) is 4.45. The van der Waals surface area contributed by atoms with Crippen molar-refractivity contribution in [2.24, 2.45) is 0 Å². The quantitative estimate of drug-likeness (QED) is 0.725. The van der Waals surface area contributed by atoms with Gasteiger partial charge in [0.25, 0.3) is 0 Å². The predicted molar refractivity (Wildman–Crippen MR) is 53.7 cm³/mol. The zero-order valence-electron chi connectivity index (χ0n) is 8.85. The molecule has 0 fully saturated rings. The summed E-state index contributed by atoms with van der Waals surface area (Å²) in [5.41, 5.74) is 0.161. The number of methoxy groups -OCH3 is 1. The molecule has 0 atom stereocenters. The Hall–Kier alpha value is -2.11. The van der Waals surface area contributed by atoms with Gasteiger partial charge >= 0.3 is 6.61 Å². The van der Waals surface area contributed by atoms with E-state index in [0.29, 0.717) is 6.08 Å². The van der Waals surface area contributed by atoms with E-state index in [0.717, 1.165) is 6.08 Å². The highest BCUT2D eigenvalue weighted by Gasteiger charge is 2.13. The molecular weight excluding hydrogens is 234 g/mol. The number of rotatable bonds is 5. The fourth-order valence-electron chi connectivity index (χ4n) is 1.20. The van der Waals surface area contributed by atoms with Crippen LogP contribution < -0.4 is 14.6 Å². The molecule has 0 saturated carbocycles. The zero-order valence-corrected chi connectivity index (χ0v) is 8.85. The molecule has 0 heterocycles. The van der Waals surface area contributed by atoms with E-state index in [1.165, 1.54) is 25.3 Å². The van der Waals surface area contributed by atoms with Gasteiger partial charge in [0.05, 0.1) is 13.1 Å². The van der Waals surface area contributed by atoms with Gasteiger partial charge in [-0.1, -0.05) is 12.1 Å². The number of carboxylic acids is 1. The molecule has 92 valence electrons. The van der Waals surface area contributed by atoms with E-state index in [2.05, 4.69) is 4.74 Å². The van der Waals surface area contributed by atoms with E-state index >= 15 is 0 Å². The molecule has 1 aromatic rings. The molecular formula is C11H9F2O4-. The maximum Gasteiger partial charge on any atom is 0.387 e. The normalized spacial score (nSPS) is 10.8. The minimum atomic E-state index is -3.03. The maximum absolute atomic E-state index is 12.2. The van der Waals surface area contributed by atoms with Crippen LogP contribution in [0, 0.1) is 0 Å². The van der Waals surface area contributed by atoms with Gasteiger partial charge in [-0.05, 0) is 18.2 Å². The van der Waals surface area contributed by atoms with Crippen molar-refractivity contribution in [1.82, 2.24) is 0 Å². The zero-order chi connectivity index (χ0) is 12.8. The lowest BCUT2D eigenvalue weighted by Gasteiger charge is -2.12. The highest BCUT2D eigenvalue weighted by Crippen LogP contribution is 2.33. The van der Waals surface area contributed by atoms with Crippen molar-refractivity contribution in [1.29, 1.82) is 0 Å². The number of carboxylic acid groups (broad SMARTS) is 1. The van der Waals surface area contributed by atoms with Crippen LogP contribution in [0.5, 0.6) is 11.5 Å². The summed E-state index contributed by atoms with van der Waals surface area (Å²) in [6, 6.07) is 4.36. The molecule has 17 heavy (non-hydrogen) atoms. The molecule has 4 nitrogen and oxygen atoms in total. The SMILES string of the molecule is COc1cccc(/C=C/C(=O)[O-])c1OC(F)F. The Balaban J connectivity index is 3.14. The molecule has 0 saturated heterocycles. The van der Waals surface area contributed by atoms with Gasteiger partial charge in [-0.15, -0.1) is 0 Å². The van der Waals surface area contributed by atoms with Gasteiger partial charge in [0.2, 0.25) is 0 Å². The lowest BCUT2D eigenvalue weighted by molar-refractivity contribution is -0.297. The van der Waals surface area contributed by atoms with Crippen molar-refractivity contribution < 1.29 is 28.2 Å². The van der Waals surface area contributed by atoms with Crippen LogP contribution in [-0.2, 0) is 4.79 Å². The Morgan fingerprint density at radius 1 is 1.47 bits per heavy atom. The van der Waals surface area contributed by atoms with Crippen molar-refractivity contribution in [3.05, 3.63) is 29.8 Å². The first-order valence-corrected chi connectivity index (χ1v) is 4.55. The summed E-state index contributed by atoms with van der Waals surface area (Å²) >= 11 is 0. The number of para-hydroxylation sites is 1. The summed E-state index contributed by atoms with van der Waals surface area (Å²) in [7, 11) is 1.29. The molecule has 0 aliphatic carbocycles. The number of halogens is 2. The third-order valence-electron chi connectivity index (χ3n) is 1.84. The van der Waals surface area contributed by atoms with Gasteiger partial charge in [0.15, 0.2) is 11.5 Å². The number of carbonyl (C=O) groups is 1. The van der Waals surface area contributed by atoms with E-state index in [1.807, 2.05) is 0 Å². The number of ether oxygens (including phenoxy) is 2. The van der Waals surface area contributed by atoms with Crippen LogP contribution in [0.15, 0.2) is 24.3 Å². The van der Waals surface area contributed by atoms with Crippen LogP contribution in [-0.4, -0.2) is 19.7 Å². The van der Waals surface area contributed by atoms with Crippen molar-refractivity contribution in [3.8, 4) is 11.5 Å². The van der Waals surface area contributed by atoms with Crippen molar-refractivity contribution in [2.45, 2.75) is 6.61 Å². The lowest BCUT2D eigenvalue weighted by atomic mass is 10.1. The highest BCUT2D eigenvalue weighted by molar-refractivity contribution is 5.84.